The molecule has 0 spiro atoms. The van der Waals surface area contributed by atoms with Gasteiger partial charge in [-0.25, -0.2) is 4.68 Å². The predicted molar refractivity (Wildman–Crippen MR) is 100 cm³/mol. The first-order valence-electron chi connectivity index (χ1n) is 8.43. The van der Waals surface area contributed by atoms with Crippen molar-refractivity contribution >= 4 is 24.0 Å². The zero-order valence-electron chi connectivity index (χ0n) is 14.3. The molecule has 1 fully saturated rings. The van der Waals surface area contributed by atoms with E-state index in [-0.39, 0.29) is 29.7 Å². The maximum absolute atomic E-state index is 12.2. The SMILES string of the molecule is Cl.O=C(NCCC1CCCNC1)c1ccn(-c2ccccc2[N+](=O)[O-])n1. The minimum atomic E-state index is -0.463. The Labute approximate surface area is 157 Å². The number of carbonyl (C=O) groups is 1. The fraction of sp³-hybridized carbons (Fsp3) is 0.412. The Kier molecular flexibility index (Phi) is 7.11. The van der Waals surface area contributed by atoms with E-state index >= 15 is 0 Å². The number of para-hydroxylation sites is 2. The van der Waals surface area contributed by atoms with Gasteiger partial charge in [-0.05, 0) is 50.4 Å². The van der Waals surface area contributed by atoms with Crippen molar-refractivity contribution in [3.8, 4) is 5.69 Å². The summed E-state index contributed by atoms with van der Waals surface area (Å²) >= 11 is 0. The van der Waals surface area contributed by atoms with Crippen molar-refractivity contribution in [2.24, 2.45) is 5.92 Å². The molecule has 1 aliphatic rings. The van der Waals surface area contributed by atoms with Crippen LogP contribution in [0.25, 0.3) is 5.69 Å². The summed E-state index contributed by atoms with van der Waals surface area (Å²) in [5.74, 6) is 0.333. The molecule has 1 amide bonds. The van der Waals surface area contributed by atoms with Crippen molar-refractivity contribution in [3.63, 3.8) is 0 Å². The van der Waals surface area contributed by atoms with Gasteiger partial charge in [0, 0.05) is 18.8 Å². The standard InChI is InChI=1S/C17H21N5O3.ClH/c23-17(19-10-7-13-4-3-9-18-12-13)14-8-11-21(20-14)15-5-1-2-6-16(15)22(24)25;/h1-2,5-6,8,11,13,18H,3-4,7,9-10,12H2,(H,19,23);1H. The lowest BCUT2D eigenvalue weighted by atomic mass is 9.96. The molecule has 0 aliphatic carbocycles. The van der Waals surface area contributed by atoms with Crippen molar-refractivity contribution in [2.45, 2.75) is 19.3 Å². The van der Waals surface area contributed by atoms with E-state index in [1.165, 1.54) is 23.6 Å². The highest BCUT2D eigenvalue weighted by Crippen LogP contribution is 2.21. The number of amides is 1. The Morgan fingerprint density at radius 1 is 1.38 bits per heavy atom. The number of halogens is 1. The number of benzene rings is 1. The molecular formula is C17H22ClN5O3. The van der Waals surface area contributed by atoms with E-state index in [1.807, 2.05) is 0 Å². The van der Waals surface area contributed by atoms with Crippen molar-refractivity contribution in [1.82, 2.24) is 20.4 Å². The number of rotatable bonds is 6. The molecule has 1 unspecified atom stereocenters. The van der Waals surface area contributed by atoms with Gasteiger partial charge in [0.1, 0.15) is 5.69 Å². The number of nitrogens with one attached hydrogen (secondary N) is 2. The van der Waals surface area contributed by atoms with Crippen LogP contribution in [0.15, 0.2) is 36.5 Å². The van der Waals surface area contributed by atoms with Crippen LogP contribution in [0.3, 0.4) is 0 Å². The lowest BCUT2D eigenvalue weighted by Gasteiger charge is -2.22. The van der Waals surface area contributed by atoms with E-state index in [1.54, 1.807) is 30.5 Å². The van der Waals surface area contributed by atoms with Gasteiger partial charge >= 0.3 is 0 Å². The maximum Gasteiger partial charge on any atom is 0.294 e. The number of nitro groups is 1. The molecule has 0 saturated carbocycles. The van der Waals surface area contributed by atoms with Gasteiger partial charge in [0.15, 0.2) is 5.69 Å². The zero-order chi connectivity index (χ0) is 17.6. The summed E-state index contributed by atoms with van der Waals surface area (Å²) in [4.78, 5) is 22.9. The number of nitro benzene ring substituents is 1. The molecule has 9 heteroatoms. The van der Waals surface area contributed by atoms with E-state index in [4.69, 9.17) is 0 Å². The monoisotopic (exact) mass is 379 g/mol. The van der Waals surface area contributed by atoms with Gasteiger partial charge in [-0.15, -0.1) is 12.4 Å². The molecule has 26 heavy (non-hydrogen) atoms. The molecule has 140 valence electrons. The normalized spacial score (nSPS) is 16.5. The molecule has 1 aliphatic heterocycles. The van der Waals surface area contributed by atoms with E-state index in [0.717, 1.165) is 19.5 Å². The zero-order valence-corrected chi connectivity index (χ0v) is 15.1. The van der Waals surface area contributed by atoms with E-state index in [0.29, 0.717) is 18.2 Å². The molecule has 0 radical (unpaired) electrons. The maximum atomic E-state index is 12.2. The second-order valence-electron chi connectivity index (χ2n) is 6.15. The summed E-state index contributed by atoms with van der Waals surface area (Å²) in [5, 5.41) is 21.5. The van der Waals surface area contributed by atoms with Gasteiger partial charge in [-0.3, -0.25) is 14.9 Å². The quantitative estimate of drug-likeness (QED) is 0.592. The first-order valence-corrected chi connectivity index (χ1v) is 8.43. The van der Waals surface area contributed by atoms with Crippen LogP contribution in [0.2, 0.25) is 0 Å². The van der Waals surface area contributed by atoms with E-state index in [9.17, 15) is 14.9 Å². The molecule has 1 atom stereocenters. The van der Waals surface area contributed by atoms with Crippen LogP contribution in [0.1, 0.15) is 29.8 Å². The van der Waals surface area contributed by atoms with Gasteiger partial charge in [-0.1, -0.05) is 12.1 Å². The Bertz CT molecular complexity index is 758. The number of hydrogen-bond acceptors (Lipinski definition) is 5. The highest BCUT2D eigenvalue weighted by atomic mass is 35.5. The van der Waals surface area contributed by atoms with Crippen LogP contribution in [0.4, 0.5) is 5.69 Å². The van der Waals surface area contributed by atoms with E-state index in [2.05, 4.69) is 15.7 Å². The summed E-state index contributed by atoms with van der Waals surface area (Å²) in [6.45, 7) is 2.68. The van der Waals surface area contributed by atoms with Crippen molar-refractivity contribution in [3.05, 3.63) is 52.3 Å². The first kappa shape index (κ1) is 19.9. The summed E-state index contributed by atoms with van der Waals surface area (Å²) in [6, 6.07) is 7.87. The fourth-order valence-corrected chi connectivity index (χ4v) is 3.04. The molecule has 1 aromatic heterocycles. The number of carbonyl (C=O) groups excluding carboxylic acids is 1. The Morgan fingerprint density at radius 3 is 2.92 bits per heavy atom. The minimum Gasteiger partial charge on any atom is -0.351 e. The smallest absolute Gasteiger partial charge is 0.294 e. The Balaban J connectivity index is 0.00000243. The van der Waals surface area contributed by atoms with Crippen LogP contribution in [0, 0.1) is 16.0 Å². The molecule has 1 aromatic carbocycles. The van der Waals surface area contributed by atoms with Crippen LogP contribution >= 0.6 is 12.4 Å². The van der Waals surface area contributed by atoms with Crippen molar-refractivity contribution in [1.29, 1.82) is 0 Å². The van der Waals surface area contributed by atoms with Gasteiger partial charge in [0.2, 0.25) is 0 Å². The average Bonchev–Trinajstić information content (AvgIpc) is 3.12. The largest absolute Gasteiger partial charge is 0.351 e. The molecule has 3 rings (SSSR count). The first-order chi connectivity index (χ1) is 12.1. The molecule has 0 bridgehead atoms. The van der Waals surface area contributed by atoms with Gasteiger partial charge in [-0.2, -0.15) is 5.10 Å². The van der Waals surface area contributed by atoms with Crippen molar-refractivity contribution in [2.75, 3.05) is 19.6 Å². The summed E-state index contributed by atoms with van der Waals surface area (Å²) in [7, 11) is 0. The molecule has 2 heterocycles. The topological polar surface area (TPSA) is 102 Å². The molecular weight excluding hydrogens is 358 g/mol. The van der Waals surface area contributed by atoms with Crippen LogP contribution in [-0.2, 0) is 0 Å². The minimum absolute atomic E-state index is 0. The van der Waals surface area contributed by atoms with Gasteiger partial charge in [0.05, 0.1) is 4.92 Å². The number of aromatic nitrogens is 2. The Hall–Kier alpha value is -2.45. The van der Waals surface area contributed by atoms with Gasteiger partial charge in [0.25, 0.3) is 11.6 Å². The third-order valence-corrected chi connectivity index (χ3v) is 4.38. The van der Waals surface area contributed by atoms with Crippen LogP contribution < -0.4 is 10.6 Å². The highest BCUT2D eigenvalue weighted by molar-refractivity contribution is 5.92. The highest BCUT2D eigenvalue weighted by Gasteiger charge is 2.17. The van der Waals surface area contributed by atoms with Crippen LogP contribution in [0.5, 0.6) is 0 Å². The molecule has 1 saturated heterocycles. The number of hydrogen-bond donors (Lipinski definition) is 2. The third kappa shape index (κ3) is 4.80. The average molecular weight is 380 g/mol. The summed E-state index contributed by atoms with van der Waals surface area (Å²) < 4.78 is 1.36. The second kappa shape index (κ2) is 9.30. The lowest BCUT2D eigenvalue weighted by molar-refractivity contribution is -0.384. The predicted octanol–water partition coefficient (Wildman–Crippen LogP) is 2.32. The summed E-state index contributed by atoms with van der Waals surface area (Å²) in [6.07, 6.45) is 4.86. The second-order valence-corrected chi connectivity index (χ2v) is 6.15. The summed E-state index contributed by atoms with van der Waals surface area (Å²) in [5.41, 5.74) is 0.530. The Morgan fingerprint density at radius 2 is 2.19 bits per heavy atom. The van der Waals surface area contributed by atoms with Gasteiger partial charge < -0.3 is 10.6 Å². The van der Waals surface area contributed by atoms with Crippen molar-refractivity contribution < 1.29 is 9.72 Å². The lowest BCUT2D eigenvalue weighted by Crippen LogP contribution is -2.33. The fourth-order valence-electron chi connectivity index (χ4n) is 3.04. The molecule has 2 aromatic rings. The van der Waals surface area contributed by atoms with E-state index < -0.39 is 4.92 Å². The third-order valence-electron chi connectivity index (χ3n) is 4.38. The van der Waals surface area contributed by atoms with Crippen LogP contribution in [-0.4, -0.2) is 40.2 Å². The number of nitrogens with zero attached hydrogens (tertiary/aromatic N) is 3. The molecule has 2 N–H and O–H groups in total. The number of piperidine rings is 1. The molecule has 8 nitrogen and oxygen atoms in total.